The summed E-state index contributed by atoms with van der Waals surface area (Å²) in [4.78, 5) is -0.200. The summed E-state index contributed by atoms with van der Waals surface area (Å²) in [7, 11) is -4.38. The summed E-state index contributed by atoms with van der Waals surface area (Å²) in [6.45, 7) is 3.19. The second-order valence-electron chi connectivity index (χ2n) is 2.82. The zero-order valence-corrected chi connectivity index (χ0v) is 11.7. The molecule has 0 heterocycles. The molecule has 6 heteroatoms. The minimum Gasteiger partial charge on any atom is -0.744 e. The van der Waals surface area contributed by atoms with Crippen LogP contribution in [0.15, 0.2) is 17.0 Å². The van der Waals surface area contributed by atoms with E-state index in [4.69, 9.17) is 11.6 Å². The van der Waals surface area contributed by atoms with E-state index in [1.807, 2.05) is 0 Å². The van der Waals surface area contributed by atoms with Gasteiger partial charge in [0.15, 0.2) is 0 Å². The maximum Gasteiger partial charge on any atom is 1.00 e. The molecule has 0 spiro atoms. The first-order valence-corrected chi connectivity index (χ1v) is 5.33. The van der Waals surface area contributed by atoms with E-state index in [1.165, 1.54) is 19.1 Å². The van der Waals surface area contributed by atoms with Gasteiger partial charge in [0, 0.05) is 5.02 Å². The Bertz CT molecular complexity index is 442. The van der Waals surface area contributed by atoms with Gasteiger partial charge in [-0.3, -0.25) is 0 Å². The molecule has 1 rings (SSSR count). The standard InChI is InChI=1S/C8H9ClO3S.Na/c1-5-4-8(13(10,11)12)6(2)3-7(5)9;/h3-4H,1-2H3,(H,10,11,12);/q;+1/p-1. The van der Waals surface area contributed by atoms with Gasteiger partial charge in [-0.05, 0) is 37.1 Å². The molecule has 0 amide bonds. The summed E-state index contributed by atoms with van der Waals surface area (Å²) in [5.41, 5.74) is 0.965. The molecule has 14 heavy (non-hydrogen) atoms. The van der Waals surface area contributed by atoms with Gasteiger partial charge in [-0.25, -0.2) is 8.42 Å². The van der Waals surface area contributed by atoms with Gasteiger partial charge in [-0.2, -0.15) is 0 Å². The molecule has 0 aromatic heterocycles. The van der Waals surface area contributed by atoms with Crippen LogP contribution in [-0.4, -0.2) is 13.0 Å². The van der Waals surface area contributed by atoms with Crippen LogP contribution in [0, 0.1) is 13.8 Å². The molecule has 0 saturated carbocycles. The molecule has 0 N–H and O–H groups in total. The van der Waals surface area contributed by atoms with Crippen LogP contribution in [0.5, 0.6) is 0 Å². The third kappa shape index (κ3) is 3.22. The maximum absolute atomic E-state index is 10.7. The summed E-state index contributed by atoms with van der Waals surface area (Å²) in [5.74, 6) is 0. The van der Waals surface area contributed by atoms with Gasteiger partial charge in [0.05, 0.1) is 4.90 Å². The third-order valence-corrected chi connectivity index (χ3v) is 3.11. The van der Waals surface area contributed by atoms with Crippen molar-refractivity contribution in [3.8, 4) is 0 Å². The summed E-state index contributed by atoms with van der Waals surface area (Å²) in [6, 6.07) is 2.77. The molecule has 0 aliphatic heterocycles. The minimum atomic E-state index is -4.38. The van der Waals surface area contributed by atoms with E-state index in [0.29, 0.717) is 16.1 Å². The Morgan fingerprint density at radius 3 is 2.14 bits per heavy atom. The predicted octanol–water partition coefficient (Wildman–Crippen LogP) is -1.14. The van der Waals surface area contributed by atoms with Crippen LogP contribution >= 0.6 is 11.6 Å². The SMILES string of the molecule is Cc1cc(S(=O)(=O)[O-])c(C)cc1Cl.[Na+]. The van der Waals surface area contributed by atoms with Gasteiger partial charge in [0.2, 0.25) is 0 Å². The number of halogens is 1. The van der Waals surface area contributed by atoms with E-state index in [-0.39, 0.29) is 34.5 Å². The average molecular weight is 243 g/mol. The van der Waals surface area contributed by atoms with Crippen molar-refractivity contribution in [1.29, 1.82) is 0 Å². The Kier molecular flexibility index (Phi) is 5.11. The molecule has 0 atom stereocenters. The molecule has 72 valence electrons. The van der Waals surface area contributed by atoms with Crippen LogP contribution in [0.4, 0.5) is 0 Å². The van der Waals surface area contributed by atoms with Crippen LogP contribution in [0.3, 0.4) is 0 Å². The fourth-order valence-electron chi connectivity index (χ4n) is 1.02. The second kappa shape index (κ2) is 4.96. The monoisotopic (exact) mass is 242 g/mol. The first-order chi connectivity index (χ1) is 5.82. The molecule has 0 aliphatic carbocycles. The smallest absolute Gasteiger partial charge is 0.744 e. The molecule has 0 unspecified atom stereocenters. The average Bonchev–Trinajstić information content (AvgIpc) is 1.94. The molecular formula is C8H8ClNaO3S. The number of hydrogen-bond acceptors (Lipinski definition) is 3. The van der Waals surface area contributed by atoms with Crippen molar-refractivity contribution in [3.05, 3.63) is 28.3 Å². The van der Waals surface area contributed by atoms with Crippen molar-refractivity contribution < 1.29 is 42.5 Å². The molecule has 0 bridgehead atoms. The Labute approximate surface area is 111 Å². The van der Waals surface area contributed by atoms with Crippen molar-refractivity contribution in [3.63, 3.8) is 0 Å². The van der Waals surface area contributed by atoms with Crippen molar-refractivity contribution >= 4 is 21.7 Å². The third-order valence-electron chi connectivity index (χ3n) is 1.73. The van der Waals surface area contributed by atoms with Gasteiger partial charge in [-0.1, -0.05) is 11.6 Å². The van der Waals surface area contributed by atoms with Gasteiger partial charge in [-0.15, -0.1) is 0 Å². The van der Waals surface area contributed by atoms with Crippen molar-refractivity contribution in [2.75, 3.05) is 0 Å². The Morgan fingerprint density at radius 1 is 1.21 bits per heavy atom. The van der Waals surface area contributed by atoms with E-state index < -0.39 is 10.1 Å². The molecule has 1 aromatic rings. The summed E-state index contributed by atoms with van der Waals surface area (Å²) in [5, 5.41) is 0.463. The van der Waals surface area contributed by atoms with E-state index in [1.54, 1.807) is 6.92 Å². The van der Waals surface area contributed by atoms with Gasteiger partial charge < -0.3 is 4.55 Å². The number of benzene rings is 1. The van der Waals surface area contributed by atoms with Crippen LogP contribution in [0.25, 0.3) is 0 Å². The Hall–Kier alpha value is 0.420. The van der Waals surface area contributed by atoms with Crippen LogP contribution in [0.1, 0.15) is 11.1 Å². The Morgan fingerprint density at radius 2 is 1.71 bits per heavy atom. The van der Waals surface area contributed by atoms with E-state index in [9.17, 15) is 13.0 Å². The van der Waals surface area contributed by atoms with E-state index in [2.05, 4.69) is 0 Å². The molecule has 0 radical (unpaired) electrons. The zero-order chi connectivity index (χ0) is 10.2. The molecule has 0 aliphatic rings. The number of hydrogen-bond donors (Lipinski definition) is 0. The van der Waals surface area contributed by atoms with E-state index in [0.717, 1.165) is 0 Å². The van der Waals surface area contributed by atoms with Crippen LogP contribution in [-0.2, 0) is 10.1 Å². The van der Waals surface area contributed by atoms with Crippen molar-refractivity contribution in [2.24, 2.45) is 0 Å². The molecule has 0 saturated heterocycles. The number of rotatable bonds is 1. The fourth-order valence-corrected chi connectivity index (χ4v) is 2.02. The first kappa shape index (κ1) is 14.4. The first-order valence-electron chi connectivity index (χ1n) is 3.55. The van der Waals surface area contributed by atoms with Gasteiger partial charge in [0.1, 0.15) is 10.1 Å². The summed E-state index contributed by atoms with van der Waals surface area (Å²) in [6.07, 6.45) is 0. The topological polar surface area (TPSA) is 57.2 Å². The number of aryl methyl sites for hydroxylation is 2. The predicted molar refractivity (Wildman–Crippen MR) is 48.9 cm³/mol. The second-order valence-corrected chi connectivity index (χ2v) is 4.58. The minimum absolute atomic E-state index is 0. The largest absolute Gasteiger partial charge is 1.00 e. The summed E-state index contributed by atoms with van der Waals surface area (Å²) >= 11 is 5.74. The Balaban J connectivity index is 0.00000169. The molecule has 3 nitrogen and oxygen atoms in total. The van der Waals surface area contributed by atoms with Crippen molar-refractivity contribution in [1.82, 2.24) is 0 Å². The van der Waals surface area contributed by atoms with Crippen LogP contribution < -0.4 is 29.6 Å². The van der Waals surface area contributed by atoms with Crippen LogP contribution in [0.2, 0.25) is 5.02 Å². The zero-order valence-electron chi connectivity index (χ0n) is 8.17. The normalized spacial score (nSPS) is 10.9. The quantitative estimate of drug-likeness (QED) is 0.462. The van der Waals surface area contributed by atoms with E-state index >= 15 is 0 Å². The molecule has 0 fully saturated rings. The molecular weight excluding hydrogens is 235 g/mol. The van der Waals surface area contributed by atoms with Gasteiger partial charge >= 0.3 is 29.6 Å². The molecule has 1 aromatic carbocycles. The fraction of sp³-hybridized carbons (Fsp3) is 0.250. The summed E-state index contributed by atoms with van der Waals surface area (Å²) < 4.78 is 32.2. The van der Waals surface area contributed by atoms with Crippen molar-refractivity contribution in [2.45, 2.75) is 18.7 Å². The van der Waals surface area contributed by atoms with Gasteiger partial charge in [0.25, 0.3) is 0 Å². The maximum atomic E-state index is 10.7.